The first-order valence-corrected chi connectivity index (χ1v) is 7.29. The van der Waals surface area contributed by atoms with Gasteiger partial charge in [0.05, 0.1) is 0 Å². The fourth-order valence-corrected chi connectivity index (χ4v) is 2.41. The van der Waals surface area contributed by atoms with Crippen LogP contribution in [0.3, 0.4) is 0 Å². The van der Waals surface area contributed by atoms with Crippen LogP contribution in [0, 0.1) is 5.82 Å². The largest absolute Gasteiger partial charge is 0.321 e. The lowest BCUT2D eigenvalue weighted by molar-refractivity contribution is 0.102. The molecule has 0 atom stereocenters. The molecule has 2 heterocycles. The van der Waals surface area contributed by atoms with Crippen molar-refractivity contribution >= 4 is 33.9 Å². The number of benzene rings is 1. The molecule has 0 fully saturated rings. The minimum atomic E-state index is -0.353. The number of halogens is 1. The summed E-state index contributed by atoms with van der Waals surface area (Å²) < 4.78 is 12.8. The molecule has 2 aromatic heterocycles. The highest BCUT2D eigenvalue weighted by Gasteiger charge is 2.11. The van der Waals surface area contributed by atoms with Crippen molar-refractivity contribution in [3.63, 3.8) is 0 Å². The highest BCUT2D eigenvalue weighted by Crippen LogP contribution is 2.20. The summed E-state index contributed by atoms with van der Waals surface area (Å²) in [7, 11) is 0. The third-order valence-corrected chi connectivity index (χ3v) is 3.50. The van der Waals surface area contributed by atoms with Crippen molar-refractivity contribution in [1.82, 2.24) is 9.97 Å². The molecule has 0 unspecified atom stereocenters. The van der Waals surface area contributed by atoms with Crippen LogP contribution in [0.5, 0.6) is 0 Å². The Bertz CT molecular complexity index is 774. The van der Waals surface area contributed by atoms with Crippen LogP contribution in [0.15, 0.2) is 54.0 Å². The Balaban J connectivity index is 1.67. The molecule has 0 aliphatic carbocycles. The van der Waals surface area contributed by atoms with Gasteiger partial charge in [-0.1, -0.05) is 6.07 Å². The number of carbonyl (C=O) groups excluding carboxylic acids is 1. The van der Waals surface area contributed by atoms with Crippen molar-refractivity contribution in [2.45, 2.75) is 0 Å². The Hall–Kier alpha value is -2.80. The minimum absolute atomic E-state index is 0.285. The minimum Gasteiger partial charge on any atom is -0.321 e. The summed E-state index contributed by atoms with van der Waals surface area (Å²) in [6.45, 7) is 0. The molecule has 3 aromatic rings. The summed E-state index contributed by atoms with van der Waals surface area (Å²) in [4.78, 5) is 20.4. The van der Waals surface area contributed by atoms with Gasteiger partial charge in [-0.3, -0.25) is 4.79 Å². The molecule has 22 heavy (non-hydrogen) atoms. The molecule has 1 aromatic carbocycles. The van der Waals surface area contributed by atoms with E-state index in [4.69, 9.17) is 0 Å². The number of thiazole rings is 1. The SMILES string of the molecule is O=C(Nc1ccc(F)cc1)c1csc(Nc2ccccn2)n1. The van der Waals surface area contributed by atoms with Crippen molar-refractivity contribution in [3.8, 4) is 0 Å². The van der Waals surface area contributed by atoms with E-state index in [-0.39, 0.29) is 17.4 Å². The molecule has 0 radical (unpaired) electrons. The second kappa shape index (κ2) is 6.31. The van der Waals surface area contributed by atoms with Gasteiger partial charge >= 0.3 is 0 Å². The Labute approximate surface area is 129 Å². The maximum Gasteiger partial charge on any atom is 0.275 e. The standard InChI is InChI=1S/C15H11FN4OS/c16-10-4-6-11(7-5-10)18-14(21)12-9-22-15(19-12)20-13-3-1-2-8-17-13/h1-9H,(H,18,21)(H,17,19,20). The van der Waals surface area contributed by atoms with Crippen LogP contribution >= 0.6 is 11.3 Å². The van der Waals surface area contributed by atoms with Crippen molar-refractivity contribution in [2.24, 2.45) is 0 Å². The van der Waals surface area contributed by atoms with Crippen molar-refractivity contribution in [2.75, 3.05) is 10.6 Å². The zero-order valence-corrected chi connectivity index (χ0v) is 12.1. The maximum atomic E-state index is 12.8. The lowest BCUT2D eigenvalue weighted by Gasteiger charge is -2.02. The zero-order chi connectivity index (χ0) is 15.4. The molecule has 0 spiro atoms. The van der Waals surface area contributed by atoms with Gasteiger partial charge in [0.25, 0.3) is 5.91 Å². The van der Waals surface area contributed by atoms with Gasteiger partial charge in [0.15, 0.2) is 5.13 Å². The summed E-state index contributed by atoms with van der Waals surface area (Å²) in [5.74, 6) is -0.0484. The molecule has 7 heteroatoms. The Morgan fingerprint density at radius 1 is 1.14 bits per heavy atom. The van der Waals surface area contributed by atoms with E-state index in [0.29, 0.717) is 16.6 Å². The highest BCUT2D eigenvalue weighted by molar-refractivity contribution is 7.14. The first-order chi connectivity index (χ1) is 10.7. The molecule has 2 N–H and O–H groups in total. The summed E-state index contributed by atoms with van der Waals surface area (Å²) in [5.41, 5.74) is 0.798. The van der Waals surface area contributed by atoms with Gasteiger partial charge < -0.3 is 10.6 Å². The molecule has 0 saturated heterocycles. The molecule has 0 aliphatic rings. The fourth-order valence-electron chi connectivity index (χ4n) is 1.71. The molecule has 3 rings (SSSR count). The smallest absolute Gasteiger partial charge is 0.275 e. The number of nitrogens with one attached hydrogen (secondary N) is 2. The third kappa shape index (κ3) is 3.44. The number of anilines is 3. The van der Waals surface area contributed by atoms with E-state index < -0.39 is 0 Å². The quantitative estimate of drug-likeness (QED) is 0.771. The molecular formula is C15H11FN4OS. The molecule has 1 amide bonds. The molecule has 0 saturated carbocycles. The average molecular weight is 314 g/mol. The number of hydrogen-bond acceptors (Lipinski definition) is 5. The van der Waals surface area contributed by atoms with Crippen molar-refractivity contribution < 1.29 is 9.18 Å². The van der Waals surface area contributed by atoms with Crippen LogP contribution < -0.4 is 10.6 Å². The summed E-state index contributed by atoms with van der Waals surface area (Å²) in [6.07, 6.45) is 1.66. The van der Waals surface area contributed by atoms with Gasteiger partial charge in [-0.05, 0) is 36.4 Å². The third-order valence-electron chi connectivity index (χ3n) is 2.74. The van der Waals surface area contributed by atoms with Crippen molar-refractivity contribution in [1.29, 1.82) is 0 Å². The molecule has 5 nitrogen and oxygen atoms in total. The van der Waals surface area contributed by atoms with Crippen LogP contribution in [0.1, 0.15) is 10.5 Å². The summed E-state index contributed by atoms with van der Waals surface area (Å²) in [5, 5.41) is 7.89. The predicted octanol–water partition coefficient (Wildman–Crippen LogP) is 3.67. The summed E-state index contributed by atoms with van der Waals surface area (Å²) in [6, 6.07) is 11.0. The lowest BCUT2D eigenvalue weighted by atomic mass is 10.3. The molecular weight excluding hydrogens is 303 g/mol. The lowest BCUT2D eigenvalue weighted by Crippen LogP contribution is -2.12. The van der Waals surface area contributed by atoms with E-state index in [9.17, 15) is 9.18 Å². The normalized spacial score (nSPS) is 10.2. The van der Waals surface area contributed by atoms with E-state index in [1.54, 1.807) is 17.6 Å². The van der Waals surface area contributed by atoms with Gasteiger partial charge in [0, 0.05) is 17.3 Å². The van der Waals surface area contributed by atoms with Crippen LogP contribution in [0.4, 0.5) is 21.0 Å². The Morgan fingerprint density at radius 3 is 2.68 bits per heavy atom. The topological polar surface area (TPSA) is 66.9 Å². The van der Waals surface area contributed by atoms with Gasteiger partial charge in [0.2, 0.25) is 0 Å². The van der Waals surface area contributed by atoms with Crippen molar-refractivity contribution in [3.05, 3.63) is 65.6 Å². The Kier molecular flexibility index (Phi) is 4.06. The number of amides is 1. The number of aromatic nitrogens is 2. The van der Waals surface area contributed by atoms with Crippen LogP contribution in [0.2, 0.25) is 0 Å². The van der Waals surface area contributed by atoms with Crippen LogP contribution in [-0.4, -0.2) is 15.9 Å². The summed E-state index contributed by atoms with van der Waals surface area (Å²) >= 11 is 1.30. The van der Waals surface area contributed by atoms with E-state index in [2.05, 4.69) is 20.6 Å². The van der Waals surface area contributed by atoms with Gasteiger partial charge in [-0.2, -0.15) is 0 Å². The number of pyridine rings is 1. The molecule has 0 aliphatic heterocycles. The number of nitrogens with zero attached hydrogens (tertiary/aromatic N) is 2. The highest BCUT2D eigenvalue weighted by atomic mass is 32.1. The van der Waals surface area contributed by atoms with E-state index >= 15 is 0 Å². The monoisotopic (exact) mass is 314 g/mol. The first-order valence-electron chi connectivity index (χ1n) is 6.41. The average Bonchev–Trinajstić information content (AvgIpc) is 2.99. The van der Waals surface area contributed by atoms with E-state index in [1.165, 1.54) is 35.6 Å². The van der Waals surface area contributed by atoms with E-state index in [1.807, 2.05) is 12.1 Å². The molecule has 0 bridgehead atoms. The second-order valence-electron chi connectivity index (χ2n) is 4.34. The number of hydrogen-bond donors (Lipinski definition) is 2. The zero-order valence-electron chi connectivity index (χ0n) is 11.3. The second-order valence-corrected chi connectivity index (χ2v) is 5.20. The number of carbonyl (C=O) groups is 1. The predicted molar refractivity (Wildman–Crippen MR) is 84.0 cm³/mol. The maximum absolute atomic E-state index is 12.8. The van der Waals surface area contributed by atoms with Gasteiger partial charge in [-0.25, -0.2) is 14.4 Å². The van der Waals surface area contributed by atoms with Crippen LogP contribution in [-0.2, 0) is 0 Å². The molecule has 110 valence electrons. The van der Waals surface area contributed by atoms with Gasteiger partial charge in [-0.15, -0.1) is 11.3 Å². The van der Waals surface area contributed by atoms with Crippen LogP contribution in [0.25, 0.3) is 0 Å². The van der Waals surface area contributed by atoms with E-state index in [0.717, 1.165) is 0 Å². The number of rotatable bonds is 4. The fraction of sp³-hybridized carbons (Fsp3) is 0. The first kappa shape index (κ1) is 14.2. The Morgan fingerprint density at radius 2 is 1.95 bits per heavy atom. The van der Waals surface area contributed by atoms with Gasteiger partial charge in [0.1, 0.15) is 17.3 Å².